The number of carbonyl (C=O) groups excluding carboxylic acids is 2. The summed E-state index contributed by atoms with van der Waals surface area (Å²) in [6, 6.07) is 0. The largest absolute Gasteiger partial charge is 0.369 e. The second-order valence-corrected chi connectivity index (χ2v) is 1.62. The Morgan fingerprint density at radius 2 is 2.17 bits per heavy atom. The van der Waals surface area contributed by atoms with Crippen molar-refractivity contribution < 1.29 is 14.4 Å². The van der Waals surface area contributed by atoms with Crippen LogP contribution in [0, 0.1) is 0 Å². The zero-order valence-corrected chi connectivity index (χ0v) is 5.75. The van der Waals surface area contributed by atoms with Gasteiger partial charge in [0.25, 0.3) is 0 Å². The molecule has 0 fully saturated rings. The highest BCUT2D eigenvalue weighted by atomic mass is 16.7. The SMILES string of the molecule is O=C1C=NN=N1.O=C1CON=N1. The van der Waals surface area contributed by atoms with Gasteiger partial charge >= 0.3 is 11.8 Å². The molecule has 0 radical (unpaired) electrons. The third kappa shape index (κ3) is 2.73. The maximum Gasteiger partial charge on any atom is 0.310 e. The molecule has 62 valence electrons. The Morgan fingerprint density at radius 3 is 2.33 bits per heavy atom. The second-order valence-electron chi connectivity index (χ2n) is 1.62. The van der Waals surface area contributed by atoms with Crippen LogP contribution in [0.25, 0.3) is 0 Å². The van der Waals surface area contributed by atoms with E-state index in [0.717, 1.165) is 6.21 Å². The summed E-state index contributed by atoms with van der Waals surface area (Å²) < 4.78 is 0. The topological polar surface area (TPSA) is 105 Å². The summed E-state index contributed by atoms with van der Waals surface area (Å²) in [4.78, 5) is 23.9. The molecule has 0 spiro atoms. The number of nitrogens with zero attached hydrogens (tertiary/aromatic N) is 5. The molecule has 0 aliphatic carbocycles. The van der Waals surface area contributed by atoms with Crippen LogP contribution < -0.4 is 0 Å². The quantitative estimate of drug-likeness (QED) is 0.504. The van der Waals surface area contributed by atoms with Gasteiger partial charge in [-0.2, -0.15) is 0 Å². The van der Waals surface area contributed by atoms with Crippen molar-refractivity contribution in [2.75, 3.05) is 6.61 Å². The minimum atomic E-state index is -0.380. The van der Waals surface area contributed by atoms with E-state index in [-0.39, 0.29) is 18.4 Å². The van der Waals surface area contributed by atoms with Crippen molar-refractivity contribution in [1.82, 2.24) is 0 Å². The normalized spacial score (nSPS) is 17.7. The summed E-state index contributed by atoms with van der Waals surface area (Å²) >= 11 is 0. The fourth-order valence-electron chi connectivity index (χ4n) is 0.358. The van der Waals surface area contributed by atoms with Crippen LogP contribution in [0.1, 0.15) is 0 Å². The molecular weight excluding hydrogens is 166 g/mol. The fourth-order valence-corrected chi connectivity index (χ4v) is 0.358. The molecular formula is C4H3N5O3. The summed E-state index contributed by atoms with van der Waals surface area (Å²) in [6.07, 6.45) is 1.06. The van der Waals surface area contributed by atoms with Gasteiger partial charge in [0, 0.05) is 5.28 Å². The Hall–Kier alpha value is -1.99. The first kappa shape index (κ1) is 8.11. The summed E-state index contributed by atoms with van der Waals surface area (Å²) in [6.45, 7) is 0.0139. The van der Waals surface area contributed by atoms with Gasteiger partial charge in [-0.3, -0.25) is 9.59 Å². The molecule has 0 aromatic rings. The van der Waals surface area contributed by atoms with Gasteiger partial charge in [0.1, 0.15) is 6.21 Å². The first-order valence-electron chi connectivity index (χ1n) is 2.83. The lowest BCUT2D eigenvalue weighted by atomic mass is 10.7. The molecule has 0 N–H and O–H groups in total. The maximum atomic E-state index is 9.86. The molecule has 0 saturated carbocycles. The molecule has 2 aliphatic rings. The average Bonchev–Trinajstić information content (AvgIpc) is 2.63. The Kier molecular flexibility index (Phi) is 2.71. The van der Waals surface area contributed by atoms with Crippen molar-refractivity contribution in [3.05, 3.63) is 0 Å². The van der Waals surface area contributed by atoms with Crippen molar-refractivity contribution in [2.45, 2.75) is 0 Å². The van der Waals surface area contributed by atoms with Gasteiger partial charge in [0.2, 0.25) is 6.61 Å². The van der Waals surface area contributed by atoms with Crippen molar-refractivity contribution in [3.63, 3.8) is 0 Å². The monoisotopic (exact) mass is 169 g/mol. The van der Waals surface area contributed by atoms with Crippen LogP contribution in [0.3, 0.4) is 0 Å². The van der Waals surface area contributed by atoms with Crippen molar-refractivity contribution in [3.8, 4) is 0 Å². The summed E-state index contributed by atoms with van der Waals surface area (Å²) in [5.74, 6) is -0.690. The maximum absolute atomic E-state index is 9.86. The number of rotatable bonds is 0. The standard InChI is InChI=1S/C2HN3O.C2H2N2O2/c6-2-1-3-5-4-2;5-2-1-6-4-3-2/h1H;1H2. The predicted molar refractivity (Wildman–Crippen MR) is 34.2 cm³/mol. The van der Waals surface area contributed by atoms with Gasteiger partial charge in [0.15, 0.2) is 0 Å². The first-order chi connectivity index (χ1) is 5.79. The summed E-state index contributed by atoms with van der Waals surface area (Å²) in [7, 11) is 0. The van der Waals surface area contributed by atoms with Gasteiger partial charge in [0.05, 0.1) is 0 Å². The number of hydrogen-bond donors (Lipinski definition) is 0. The van der Waals surface area contributed by atoms with Gasteiger partial charge in [-0.15, -0.1) is 5.10 Å². The number of amides is 2. The van der Waals surface area contributed by atoms with Gasteiger partial charge in [-0.1, -0.05) is 10.2 Å². The highest BCUT2D eigenvalue weighted by Gasteiger charge is 2.03. The minimum absolute atomic E-state index is 0.0139. The van der Waals surface area contributed by atoms with E-state index in [0.29, 0.717) is 0 Å². The van der Waals surface area contributed by atoms with Crippen LogP contribution in [-0.4, -0.2) is 24.6 Å². The smallest absolute Gasteiger partial charge is 0.310 e. The summed E-state index contributed by atoms with van der Waals surface area (Å²) in [5.41, 5.74) is 0. The third-order valence-corrected chi connectivity index (χ3v) is 0.761. The molecule has 8 nitrogen and oxygen atoms in total. The third-order valence-electron chi connectivity index (χ3n) is 0.761. The van der Waals surface area contributed by atoms with E-state index in [1.165, 1.54) is 0 Å². The molecule has 0 aromatic heterocycles. The van der Waals surface area contributed by atoms with Crippen LogP contribution in [0.5, 0.6) is 0 Å². The molecule has 0 atom stereocenters. The molecule has 0 aromatic carbocycles. The van der Waals surface area contributed by atoms with E-state index in [1.54, 1.807) is 0 Å². The Bertz CT molecular complexity index is 266. The van der Waals surface area contributed by atoms with Crippen molar-refractivity contribution in [1.29, 1.82) is 0 Å². The highest BCUT2D eigenvalue weighted by molar-refractivity contribution is 6.27. The lowest BCUT2D eigenvalue weighted by Gasteiger charge is -1.71. The van der Waals surface area contributed by atoms with E-state index in [9.17, 15) is 9.59 Å². The zero-order valence-electron chi connectivity index (χ0n) is 5.75. The van der Waals surface area contributed by atoms with Gasteiger partial charge in [-0.25, -0.2) is 0 Å². The minimum Gasteiger partial charge on any atom is -0.369 e. The first-order valence-corrected chi connectivity index (χ1v) is 2.83. The van der Waals surface area contributed by atoms with Crippen LogP contribution in [0.2, 0.25) is 0 Å². The molecule has 2 heterocycles. The summed E-state index contributed by atoms with van der Waals surface area (Å²) in [5, 5.41) is 15.1. The van der Waals surface area contributed by atoms with E-state index >= 15 is 0 Å². The predicted octanol–water partition coefficient (Wildman–Crippen LogP) is -0.125. The van der Waals surface area contributed by atoms with Crippen LogP contribution >= 0.6 is 0 Å². The van der Waals surface area contributed by atoms with E-state index in [4.69, 9.17) is 0 Å². The molecule has 0 saturated heterocycles. The number of carbonyl (C=O) groups is 2. The molecule has 2 rings (SSSR count). The Labute approximate surface area is 66.0 Å². The second kappa shape index (κ2) is 4.01. The Balaban J connectivity index is 0.000000120. The van der Waals surface area contributed by atoms with Gasteiger partial charge in [-0.05, 0) is 5.22 Å². The van der Waals surface area contributed by atoms with E-state index in [1.807, 2.05) is 0 Å². The molecule has 2 aliphatic heterocycles. The molecule has 0 bridgehead atoms. The zero-order chi connectivity index (χ0) is 8.81. The van der Waals surface area contributed by atoms with E-state index in [2.05, 4.69) is 30.7 Å². The van der Waals surface area contributed by atoms with Crippen LogP contribution in [0.4, 0.5) is 0 Å². The molecule has 2 amide bonds. The average molecular weight is 169 g/mol. The molecule has 8 heteroatoms. The van der Waals surface area contributed by atoms with Crippen LogP contribution in [0.15, 0.2) is 25.8 Å². The van der Waals surface area contributed by atoms with Crippen molar-refractivity contribution >= 4 is 18.0 Å². The Morgan fingerprint density at radius 1 is 1.33 bits per heavy atom. The van der Waals surface area contributed by atoms with E-state index < -0.39 is 0 Å². The van der Waals surface area contributed by atoms with Crippen molar-refractivity contribution in [2.24, 2.45) is 25.8 Å². The van der Waals surface area contributed by atoms with Crippen LogP contribution in [-0.2, 0) is 14.4 Å². The van der Waals surface area contributed by atoms with Gasteiger partial charge < -0.3 is 4.84 Å². The number of hydrogen-bond acceptors (Lipinski definition) is 6. The fraction of sp³-hybridized carbons (Fsp3) is 0.250. The molecule has 12 heavy (non-hydrogen) atoms. The lowest BCUT2D eigenvalue weighted by Crippen LogP contribution is -1.91. The molecule has 0 unspecified atom stereocenters. The lowest BCUT2D eigenvalue weighted by molar-refractivity contribution is -0.118. The highest BCUT2D eigenvalue weighted by Crippen LogP contribution is 1.90.